The van der Waals surface area contributed by atoms with Gasteiger partial charge in [-0.25, -0.2) is 4.79 Å². The summed E-state index contributed by atoms with van der Waals surface area (Å²) in [5, 5.41) is 12.1. The van der Waals surface area contributed by atoms with E-state index in [1.54, 1.807) is 25.1 Å². The van der Waals surface area contributed by atoms with Crippen LogP contribution in [0.25, 0.3) is 0 Å². The monoisotopic (exact) mass is 347 g/mol. The number of rotatable bonds is 5. The van der Waals surface area contributed by atoms with Gasteiger partial charge >= 0.3 is 5.97 Å². The molecule has 0 aromatic heterocycles. The second kappa shape index (κ2) is 6.91. The molecule has 0 aliphatic rings. The third-order valence-corrected chi connectivity index (χ3v) is 4.16. The molecule has 6 heteroatoms. The smallest absolute Gasteiger partial charge is 0.326 e. The van der Waals surface area contributed by atoms with E-state index in [4.69, 9.17) is 16.7 Å². The number of hydrogen-bond donors (Lipinski definition) is 2. The van der Waals surface area contributed by atoms with Crippen LogP contribution in [0.4, 0.5) is 0 Å². The Kier molecular flexibility index (Phi) is 5.82. The summed E-state index contributed by atoms with van der Waals surface area (Å²) < 4.78 is 0.595. The van der Waals surface area contributed by atoms with Crippen LogP contribution in [-0.2, 0) is 4.79 Å². The lowest BCUT2D eigenvalue weighted by molar-refractivity contribution is -0.140. The molecule has 0 saturated heterocycles. The van der Waals surface area contributed by atoms with Crippen LogP contribution in [0.3, 0.4) is 0 Å². The molecule has 0 unspecified atom stereocenters. The van der Waals surface area contributed by atoms with Crippen molar-refractivity contribution in [2.75, 3.05) is 0 Å². The standard InChI is InChI=1S/C13H15BrClNO3/c1-3-7(2)11(13(18)19)16-12(17)8-4-5-10(15)9(14)6-8/h4-7,11H,3H2,1-2H3,(H,16,17)(H,18,19)/t7-,11-/m0/s1. The van der Waals surface area contributed by atoms with E-state index in [2.05, 4.69) is 21.2 Å². The molecule has 0 fully saturated rings. The molecule has 19 heavy (non-hydrogen) atoms. The average molecular weight is 349 g/mol. The number of halogens is 2. The highest BCUT2D eigenvalue weighted by Crippen LogP contribution is 2.23. The summed E-state index contributed by atoms with van der Waals surface area (Å²) in [6, 6.07) is 3.80. The fourth-order valence-corrected chi connectivity index (χ4v) is 2.04. The van der Waals surface area contributed by atoms with Gasteiger partial charge in [-0.05, 0) is 40.0 Å². The summed E-state index contributed by atoms with van der Waals surface area (Å²) in [6.45, 7) is 3.67. The summed E-state index contributed by atoms with van der Waals surface area (Å²) in [7, 11) is 0. The number of carboxylic acids is 1. The van der Waals surface area contributed by atoms with Crippen molar-refractivity contribution >= 4 is 39.4 Å². The van der Waals surface area contributed by atoms with Gasteiger partial charge in [0.05, 0.1) is 5.02 Å². The number of benzene rings is 1. The van der Waals surface area contributed by atoms with Crippen LogP contribution in [0.2, 0.25) is 5.02 Å². The fourth-order valence-electron chi connectivity index (χ4n) is 1.55. The Balaban J connectivity index is 2.87. The first-order valence-electron chi connectivity index (χ1n) is 5.85. The molecule has 104 valence electrons. The van der Waals surface area contributed by atoms with E-state index in [9.17, 15) is 9.59 Å². The topological polar surface area (TPSA) is 66.4 Å². The molecule has 2 atom stereocenters. The van der Waals surface area contributed by atoms with Crippen LogP contribution in [0, 0.1) is 5.92 Å². The van der Waals surface area contributed by atoms with Gasteiger partial charge in [-0.3, -0.25) is 4.79 Å². The first-order valence-corrected chi connectivity index (χ1v) is 7.02. The second-order valence-electron chi connectivity index (χ2n) is 4.30. The van der Waals surface area contributed by atoms with Crippen molar-refractivity contribution in [3.8, 4) is 0 Å². The molecule has 1 aromatic carbocycles. The lowest BCUT2D eigenvalue weighted by Gasteiger charge is -2.20. The van der Waals surface area contributed by atoms with E-state index in [1.807, 2.05) is 6.92 Å². The minimum Gasteiger partial charge on any atom is -0.480 e. The molecule has 0 spiro atoms. The summed E-state index contributed by atoms with van der Waals surface area (Å²) in [6.07, 6.45) is 0.668. The van der Waals surface area contributed by atoms with Gasteiger partial charge in [0, 0.05) is 10.0 Å². The van der Waals surface area contributed by atoms with Crippen molar-refractivity contribution in [2.45, 2.75) is 26.3 Å². The molecule has 2 N–H and O–H groups in total. The zero-order valence-corrected chi connectivity index (χ0v) is 13.0. The van der Waals surface area contributed by atoms with E-state index in [0.717, 1.165) is 0 Å². The minimum absolute atomic E-state index is 0.141. The highest BCUT2D eigenvalue weighted by atomic mass is 79.9. The first-order chi connectivity index (χ1) is 8.86. The van der Waals surface area contributed by atoms with Crippen LogP contribution < -0.4 is 5.32 Å². The zero-order valence-electron chi connectivity index (χ0n) is 10.6. The summed E-state index contributed by atoms with van der Waals surface area (Å²) >= 11 is 9.07. The number of carboxylic acid groups (broad SMARTS) is 1. The SMILES string of the molecule is CC[C@H](C)[C@H](NC(=O)c1ccc(Cl)c(Br)c1)C(=O)O. The Bertz CT molecular complexity index is 493. The van der Waals surface area contributed by atoms with Gasteiger partial charge in [-0.15, -0.1) is 0 Å². The Morgan fingerprint density at radius 2 is 2.11 bits per heavy atom. The van der Waals surface area contributed by atoms with Crippen molar-refractivity contribution in [1.82, 2.24) is 5.32 Å². The average Bonchev–Trinajstić information content (AvgIpc) is 2.37. The number of nitrogens with one attached hydrogen (secondary N) is 1. The van der Waals surface area contributed by atoms with Crippen LogP contribution in [0.5, 0.6) is 0 Å². The third kappa shape index (κ3) is 4.21. The van der Waals surface area contributed by atoms with Crippen LogP contribution in [0.15, 0.2) is 22.7 Å². The minimum atomic E-state index is -1.03. The largest absolute Gasteiger partial charge is 0.480 e. The molecule has 1 amide bonds. The lowest BCUT2D eigenvalue weighted by Crippen LogP contribution is -2.45. The molecule has 1 rings (SSSR count). The third-order valence-electron chi connectivity index (χ3n) is 2.95. The molecular formula is C13H15BrClNO3. The maximum atomic E-state index is 12.0. The number of carbonyl (C=O) groups is 2. The molecule has 4 nitrogen and oxygen atoms in total. The van der Waals surface area contributed by atoms with Crippen molar-refractivity contribution in [3.05, 3.63) is 33.3 Å². The molecule has 1 aromatic rings. The molecular weight excluding hydrogens is 334 g/mol. The lowest BCUT2D eigenvalue weighted by atomic mass is 9.99. The quantitative estimate of drug-likeness (QED) is 0.857. The van der Waals surface area contributed by atoms with E-state index < -0.39 is 17.9 Å². The first kappa shape index (κ1) is 16.0. The van der Waals surface area contributed by atoms with Crippen molar-refractivity contribution in [1.29, 1.82) is 0 Å². The Morgan fingerprint density at radius 1 is 1.47 bits per heavy atom. The highest BCUT2D eigenvalue weighted by molar-refractivity contribution is 9.10. The van der Waals surface area contributed by atoms with E-state index in [-0.39, 0.29) is 5.92 Å². The maximum Gasteiger partial charge on any atom is 0.326 e. The zero-order chi connectivity index (χ0) is 14.6. The van der Waals surface area contributed by atoms with Gasteiger partial charge in [-0.1, -0.05) is 31.9 Å². The molecule has 0 bridgehead atoms. The normalized spacial score (nSPS) is 13.7. The Labute approximate surface area is 125 Å². The van der Waals surface area contributed by atoms with Gasteiger partial charge in [0.25, 0.3) is 5.91 Å². The van der Waals surface area contributed by atoms with Crippen LogP contribution in [0.1, 0.15) is 30.6 Å². The van der Waals surface area contributed by atoms with Gasteiger partial charge < -0.3 is 10.4 Å². The molecule has 0 saturated carbocycles. The molecule has 0 aliphatic carbocycles. The number of amides is 1. The molecule has 0 aliphatic heterocycles. The summed E-state index contributed by atoms with van der Waals surface area (Å²) in [4.78, 5) is 23.1. The molecule has 0 heterocycles. The predicted molar refractivity (Wildman–Crippen MR) is 77.5 cm³/mol. The number of aliphatic carboxylic acids is 1. The summed E-state index contributed by atoms with van der Waals surface area (Å²) in [5.41, 5.74) is 0.367. The molecule has 0 radical (unpaired) electrons. The second-order valence-corrected chi connectivity index (χ2v) is 5.57. The van der Waals surface area contributed by atoms with Crippen molar-refractivity contribution in [2.24, 2.45) is 5.92 Å². The van der Waals surface area contributed by atoms with E-state index in [1.165, 1.54) is 0 Å². The van der Waals surface area contributed by atoms with Crippen LogP contribution in [-0.4, -0.2) is 23.0 Å². The van der Waals surface area contributed by atoms with Gasteiger partial charge in [0.2, 0.25) is 0 Å². The van der Waals surface area contributed by atoms with Crippen molar-refractivity contribution in [3.63, 3.8) is 0 Å². The van der Waals surface area contributed by atoms with Gasteiger partial charge in [0.1, 0.15) is 6.04 Å². The van der Waals surface area contributed by atoms with E-state index >= 15 is 0 Å². The van der Waals surface area contributed by atoms with Gasteiger partial charge in [0.15, 0.2) is 0 Å². The predicted octanol–water partition coefficient (Wildman–Crippen LogP) is 3.33. The van der Waals surface area contributed by atoms with E-state index in [0.29, 0.717) is 21.5 Å². The fraction of sp³-hybridized carbons (Fsp3) is 0.385. The summed E-state index contributed by atoms with van der Waals surface area (Å²) in [5.74, 6) is -1.60. The van der Waals surface area contributed by atoms with Crippen molar-refractivity contribution < 1.29 is 14.7 Å². The number of carbonyl (C=O) groups excluding carboxylic acids is 1. The van der Waals surface area contributed by atoms with Gasteiger partial charge in [-0.2, -0.15) is 0 Å². The maximum absolute atomic E-state index is 12.0. The Morgan fingerprint density at radius 3 is 2.58 bits per heavy atom. The number of hydrogen-bond acceptors (Lipinski definition) is 2. The van der Waals surface area contributed by atoms with Crippen LogP contribution >= 0.6 is 27.5 Å². The highest BCUT2D eigenvalue weighted by Gasteiger charge is 2.25. The Hall–Kier alpha value is -1.07.